The van der Waals surface area contributed by atoms with E-state index in [2.05, 4.69) is 15.0 Å². The van der Waals surface area contributed by atoms with Gasteiger partial charge in [0, 0.05) is 18.2 Å². The smallest absolute Gasteiger partial charge is 0.376 e. The number of aromatic nitrogens is 2. The third-order valence-corrected chi connectivity index (χ3v) is 6.71. The van der Waals surface area contributed by atoms with E-state index in [0.717, 1.165) is 17.3 Å². The topological polar surface area (TPSA) is 58.4 Å². The Bertz CT molecular complexity index is 1220. The van der Waals surface area contributed by atoms with Gasteiger partial charge in [-0.15, -0.1) is 0 Å². The zero-order chi connectivity index (χ0) is 25.3. The molecule has 0 aliphatic carbocycles. The van der Waals surface area contributed by atoms with Crippen molar-refractivity contribution in [2.24, 2.45) is 4.99 Å². The van der Waals surface area contributed by atoms with Crippen LogP contribution >= 0.6 is 11.8 Å². The fourth-order valence-electron chi connectivity index (χ4n) is 3.73. The first kappa shape index (κ1) is 25.2. The molecule has 0 amide bonds. The summed E-state index contributed by atoms with van der Waals surface area (Å²) < 4.78 is 80.8. The highest BCUT2D eigenvalue weighted by Crippen LogP contribution is 2.43. The van der Waals surface area contributed by atoms with Gasteiger partial charge in [-0.3, -0.25) is 4.99 Å². The highest BCUT2D eigenvalue weighted by atomic mass is 32.2. The molecule has 1 aliphatic heterocycles. The largest absolute Gasteiger partial charge is 0.433 e. The number of nitrogens with zero attached hydrogens (tertiary/aromatic N) is 3. The molecule has 11 heteroatoms. The van der Waals surface area contributed by atoms with Crippen LogP contribution in [0.15, 0.2) is 70.9 Å². The van der Waals surface area contributed by atoms with Gasteiger partial charge in [0.1, 0.15) is 5.69 Å². The SMILES string of the molecule is OC(CSc1nccc(C(F)(F)F)n1)(c1ccc2c(c1)C=NC(c1ccccc1)CC2)C(F)(F)F. The highest BCUT2D eigenvalue weighted by Gasteiger charge is 2.55. The average Bonchev–Trinajstić information content (AvgIpc) is 3.04. The van der Waals surface area contributed by atoms with Crippen LogP contribution in [-0.2, 0) is 18.2 Å². The van der Waals surface area contributed by atoms with E-state index >= 15 is 0 Å². The van der Waals surface area contributed by atoms with Crippen LogP contribution in [0.2, 0.25) is 0 Å². The van der Waals surface area contributed by atoms with Gasteiger partial charge in [0.15, 0.2) is 10.8 Å². The monoisotopic (exact) mass is 511 g/mol. The summed E-state index contributed by atoms with van der Waals surface area (Å²) in [5.74, 6) is -1.03. The van der Waals surface area contributed by atoms with Crippen LogP contribution in [-0.4, -0.2) is 33.2 Å². The number of aryl methyl sites for hydroxylation is 1. The fraction of sp³-hybridized carbons (Fsp3) is 0.292. The molecule has 0 spiro atoms. The Labute approximate surface area is 201 Å². The molecule has 0 radical (unpaired) electrons. The third kappa shape index (κ3) is 5.51. The molecule has 35 heavy (non-hydrogen) atoms. The lowest BCUT2D eigenvalue weighted by atomic mass is 9.90. The van der Waals surface area contributed by atoms with E-state index in [4.69, 9.17) is 0 Å². The Kier molecular flexibility index (Phi) is 6.92. The lowest BCUT2D eigenvalue weighted by molar-refractivity contribution is -0.256. The van der Waals surface area contributed by atoms with Crippen LogP contribution in [0.1, 0.15) is 40.4 Å². The maximum absolute atomic E-state index is 14.0. The second-order valence-electron chi connectivity index (χ2n) is 8.03. The third-order valence-electron chi connectivity index (χ3n) is 5.69. The van der Waals surface area contributed by atoms with Crippen molar-refractivity contribution in [1.82, 2.24) is 9.97 Å². The molecule has 2 heterocycles. The van der Waals surface area contributed by atoms with E-state index in [1.807, 2.05) is 30.3 Å². The zero-order valence-corrected chi connectivity index (χ0v) is 18.8. The normalized spacial score (nSPS) is 18.0. The number of aliphatic imine (C=N–C) groups is 1. The molecule has 0 saturated carbocycles. The van der Waals surface area contributed by atoms with Crippen molar-refractivity contribution in [1.29, 1.82) is 0 Å². The minimum absolute atomic E-state index is 0.151. The van der Waals surface area contributed by atoms with Crippen molar-refractivity contribution in [3.05, 3.63) is 88.7 Å². The standard InChI is InChI=1S/C24H19F6N3OS/c25-23(26,27)20-10-11-31-21(33-20)35-14-22(34,24(28,29)30)18-8-6-15-7-9-19(32-13-17(15)12-18)16-4-2-1-3-5-16/h1-6,8,10-13,19,34H,7,9,14H2. The molecular weight excluding hydrogens is 492 g/mol. The predicted molar refractivity (Wildman–Crippen MR) is 119 cm³/mol. The molecule has 1 N–H and O–H groups in total. The van der Waals surface area contributed by atoms with E-state index in [-0.39, 0.29) is 6.04 Å². The Hall–Kier alpha value is -2.92. The number of halogens is 6. The van der Waals surface area contributed by atoms with Gasteiger partial charge in [0.2, 0.25) is 0 Å². The number of benzene rings is 2. The van der Waals surface area contributed by atoms with Crippen molar-refractivity contribution in [3.8, 4) is 0 Å². The summed E-state index contributed by atoms with van der Waals surface area (Å²) in [5.41, 5.74) is -2.84. The number of aliphatic hydroxyl groups is 1. The van der Waals surface area contributed by atoms with Crippen molar-refractivity contribution in [3.63, 3.8) is 0 Å². The first-order valence-corrected chi connectivity index (χ1v) is 11.5. The first-order valence-electron chi connectivity index (χ1n) is 10.5. The molecule has 2 unspecified atom stereocenters. The lowest BCUT2D eigenvalue weighted by Crippen LogP contribution is -2.44. The Morgan fingerprint density at radius 2 is 1.71 bits per heavy atom. The Morgan fingerprint density at radius 3 is 2.40 bits per heavy atom. The molecule has 4 nitrogen and oxygen atoms in total. The maximum atomic E-state index is 14.0. The minimum Gasteiger partial charge on any atom is -0.376 e. The van der Waals surface area contributed by atoms with E-state index < -0.39 is 40.1 Å². The number of fused-ring (bicyclic) bond motifs is 1. The van der Waals surface area contributed by atoms with Gasteiger partial charge in [-0.25, -0.2) is 9.97 Å². The Balaban J connectivity index is 1.62. The van der Waals surface area contributed by atoms with Gasteiger partial charge < -0.3 is 5.11 Å². The maximum Gasteiger partial charge on any atom is 0.433 e. The van der Waals surface area contributed by atoms with Gasteiger partial charge in [0.25, 0.3) is 0 Å². The summed E-state index contributed by atoms with van der Waals surface area (Å²) in [7, 11) is 0. The molecule has 0 bridgehead atoms. The molecule has 0 saturated heterocycles. The second-order valence-corrected chi connectivity index (χ2v) is 8.97. The van der Waals surface area contributed by atoms with Crippen molar-refractivity contribution in [2.45, 2.75) is 42.0 Å². The van der Waals surface area contributed by atoms with Crippen LogP contribution in [0.3, 0.4) is 0 Å². The highest BCUT2D eigenvalue weighted by molar-refractivity contribution is 7.99. The number of rotatable bonds is 5. The number of thioether (sulfide) groups is 1. The number of hydrogen-bond donors (Lipinski definition) is 1. The van der Waals surface area contributed by atoms with E-state index in [1.54, 1.807) is 0 Å². The van der Waals surface area contributed by atoms with Crippen LogP contribution in [0.25, 0.3) is 0 Å². The fourth-order valence-corrected chi connectivity index (χ4v) is 4.70. The van der Waals surface area contributed by atoms with E-state index in [0.29, 0.717) is 36.2 Å². The van der Waals surface area contributed by atoms with Gasteiger partial charge in [-0.2, -0.15) is 26.3 Å². The molecular formula is C24H19F6N3OS. The lowest BCUT2D eigenvalue weighted by Gasteiger charge is -2.31. The van der Waals surface area contributed by atoms with Crippen LogP contribution in [0.4, 0.5) is 26.3 Å². The molecule has 184 valence electrons. The van der Waals surface area contributed by atoms with Gasteiger partial charge in [0.05, 0.1) is 6.04 Å². The average molecular weight is 511 g/mol. The first-order chi connectivity index (χ1) is 16.5. The Morgan fingerprint density at radius 1 is 0.971 bits per heavy atom. The van der Waals surface area contributed by atoms with Gasteiger partial charge in [-0.05, 0) is 47.2 Å². The summed E-state index contributed by atoms with van der Waals surface area (Å²) in [6.07, 6.45) is -6.32. The van der Waals surface area contributed by atoms with Crippen molar-refractivity contribution < 1.29 is 31.4 Å². The van der Waals surface area contributed by atoms with E-state index in [9.17, 15) is 31.4 Å². The summed E-state index contributed by atoms with van der Waals surface area (Å²) in [4.78, 5) is 11.4. The van der Waals surface area contributed by atoms with Crippen LogP contribution < -0.4 is 0 Å². The molecule has 1 aromatic heterocycles. The molecule has 0 fully saturated rings. The summed E-state index contributed by atoms with van der Waals surface area (Å²) in [6, 6.07) is 13.9. The molecule has 3 aromatic rings. The van der Waals surface area contributed by atoms with Crippen molar-refractivity contribution >= 4 is 18.0 Å². The van der Waals surface area contributed by atoms with Crippen LogP contribution in [0, 0.1) is 0 Å². The van der Waals surface area contributed by atoms with Crippen LogP contribution in [0.5, 0.6) is 0 Å². The molecule has 4 rings (SSSR count). The second kappa shape index (κ2) is 9.62. The molecule has 1 aliphatic rings. The quantitative estimate of drug-likeness (QED) is 0.254. The minimum atomic E-state index is -5.11. The predicted octanol–water partition coefficient (Wildman–Crippen LogP) is 6.14. The molecule has 2 atom stereocenters. The summed E-state index contributed by atoms with van der Waals surface area (Å²) in [6.45, 7) is 0. The van der Waals surface area contributed by atoms with Gasteiger partial charge in [-0.1, -0.05) is 54.2 Å². The molecule has 2 aromatic carbocycles. The van der Waals surface area contributed by atoms with Gasteiger partial charge >= 0.3 is 12.4 Å². The number of hydrogen-bond acceptors (Lipinski definition) is 5. The van der Waals surface area contributed by atoms with E-state index in [1.165, 1.54) is 24.4 Å². The summed E-state index contributed by atoms with van der Waals surface area (Å²) in [5, 5.41) is 10.2. The number of alkyl halides is 6. The van der Waals surface area contributed by atoms with Crippen molar-refractivity contribution in [2.75, 3.05) is 5.75 Å². The zero-order valence-electron chi connectivity index (χ0n) is 18.0. The summed E-state index contributed by atoms with van der Waals surface area (Å²) >= 11 is 0.293.